The van der Waals surface area contributed by atoms with Crippen molar-refractivity contribution >= 4 is 39.6 Å². The molecule has 49 heavy (non-hydrogen) atoms. The van der Waals surface area contributed by atoms with Crippen LogP contribution in [0.2, 0.25) is 0 Å². The molecule has 252 valence electrons. The minimum Gasteiger partial charge on any atom is -0.333 e. The fourth-order valence-corrected chi connectivity index (χ4v) is 6.31. The standard InChI is InChI=1S/C38H37F3N6OS/c1-3-25(2)35(34(48)19-32-21-44-24-46(32)22-27-16-14-26(20-42)15-17-27)36(43)47(23-29-10-6-9-28-8-4-5-13-33(28)29)37(49)45-31-12-7-11-30(18-31)38(39,40)41/h4-18,21,24-25,35-36H,3,19,22-23,43H2,1-2H3,(H,45,49)/t25-,35+,36?/m0/s1. The number of imidazole rings is 1. The van der Waals surface area contributed by atoms with Crippen molar-refractivity contribution < 1.29 is 18.0 Å². The van der Waals surface area contributed by atoms with Crippen LogP contribution in [0.15, 0.2) is 104 Å². The third kappa shape index (κ3) is 8.52. The number of halogens is 3. The van der Waals surface area contributed by atoms with E-state index in [1.807, 2.05) is 73.0 Å². The molecule has 5 rings (SSSR count). The molecule has 0 aliphatic heterocycles. The van der Waals surface area contributed by atoms with Crippen LogP contribution in [0.4, 0.5) is 18.9 Å². The van der Waals surface area contributed by atoms with Crippen LogP contribution in [0.5, 0.6) is 0 Å². The fraction of sp³-hybridized carbons (Fsp3) is 0.263. The number of aromatic nitrogens is 2. The number of anilines is 1. The Hall–Kier alpha value is -5.05. The molecule has 0 aliphatic rings. The van der Waals surface area contributed by atoms with E-state index in [4.69, 9.17) is 23.2 Å². The van der Waals surface area contributed by atoms with Gasteiger partial charge in [-0.1, -0.05) is 80.9 Å². The summed E-state index contributed by atoms with van der Waals surface area (Å²) in [7, 11) is 0. The summed E-state index contributed by atoms with van der Waals surface area (Å²) >= 11 is 5.86. The first-order chi connectivity index (χ1) is 23.5. The van der Waals surface area contributed by atoms with E-state index >= 15 is 0 Å². The Bertz CT molecular complexity index is 1960. The van der Waals surface area contributed by atoms with Crippen molar-refractivity contribution in [3.63, 3.8) is 0 Å². The van der Waals surface area contributed by atoms with E-state index in [-0.39, 0.29) is 35.5 Å². The molecule has 0 radical (unpaired) electrons. The van der Waals surface area contributed by atoms with Gasteiger partial charge in [-0.15, -0.1) is 0 Å². The SMILES string of the molecule is CC[C@H](C)[C@H](C(=O)Cc1cncn1Cc1ccc(C#N)cc1)C(N)N(Cc1cccc2ccccc12)C(=S)Nc1cccc(C(F)(F)F)c1. The number of rotatable bonds is 12. The van der Waals surface area contributed by atoms with E-state index in [9.17, 15) is 18.0 Å². The van der Waals surface area contributed by atoms with Gasteiger partial charge in [-0.25, -0.2) is 4.98 Å². The zero-order chi connectivity index (χ0) is 35.1. The van der Waals surface area contributed by atoms with Crippen molar-refractivity contribution in [3.8, 4) is 6.07 Å². The maximum Gasteiger partial charge on any atom is 0.416 e. The summed E-state index contributed by atoms with van der Waals surface area (Å²) in [6.07, 6.45) is -1.39. The molecular weight excluding hydrogens is 646 g/mol. The topological polar surface area (TPSA) is 100.0 Å². The van der Waals surface area contributed by atoms with Gasteiger partial charge < -0.3 is 20.5 Å². The quantitative estimate of drug-likeness (QED) is 0.102. The molecule has 1 aromatic heterocycles. The normalized spacial score (nSPS) is 13.3. The highest BCUT2D eigenvalue weighted by atomic mass is 32.1. The van der Waals surface area contributed by atoms with Crippen LogP contribution in [-0.4, -0.2) is 31.5 Å². The minimum atomic E-state index is -4.53. The fourth-order valence-electron chi connectivity index (χ4n) is 6.00. The molecule has 0 bridgehead atoms. The first-order valence-electron chi connectivity index (χ1n) is 16.0. The Kier molecular flexibility index (Phi) is 11.1. The number of fused-ring (bicyclic) bond motifs is 1. The summed E-state index contributed by atoms with van der Waals surface area (Å²) in [6.45, 7) is 4.63. The van der Waals surface area contributed by atoms with Gasteiger partial charge in [0.1, 0.15) is 5.78 Å². The second kappa shape index (κ2) is 15.4. The van der Waals surface area contributed by atoms with Gasteiger partial charge in [0.15, 0.2) is 5.11 Å². The van der Waals surface area contributed by atoms with Gasteiger partial charge in [-0.05, 0) is 70.4 Å². The number of carbonyl (C=O) groups is 1. The number of carbonyl (C=O) groups excluding carboxylic acids is 1. The molecule has 0 saturated heterocycles. The Labute approximate surface area is 289 Å². The van der Waals surface area contributed by atoms with Crippen molar-refractivity contribution in [2.24, 2.45) is 17.6 Å². The number of Topliss-reactive ketones (excluding diaryl/α,β-unsaturated/α-hetero) is 1. The van der Waals surface area contributed by atoms with Crippen LogP contribution < -0.4 is 11.1 Å². The Morgan fingerprint density at radius 3 is 2.49 bits per heavy atom. The number of nitriles is 1. The molecule has 0 amide bonds. The summed E-state index contributed by atoms with van der Waals surface area (Å²) in [5.74, 6) is -0.934. The van der Waals surface area contributed by atoms with E-state index in [2.05, 4.69) is 16.4 Å². The number of nitrogens with two attached hydrogens (primary N) is 1. The molecular formula is C38H37F3N6OS. The number of ketones is 1. The maximum atomic E-state index is 14.3. The van der Waals surface area contributed by atoms with Gasteiger partial charge >= 0.3 is 6.18 Å². The van der Waals surface area contributed by atoms with Gasteiger partial charge in [0, 0.05) is 37.1 Å². The van der Waals surface area contributed by atoms with Crippen molar-refractivity contribution in [1.29, 1.82) is 5.26 Å². The second-order valence-corrected chi connectivity index (χ2v) is 12.5. The first kappa shape index (κ1) is 35.3. The van der Waals surface area contributed by atoms with Crippen molar-refractivity contribution in [3.05, 3.63) is 131 Å². The predicted molar refractivity (Wildman–Crippen MR) is 189 cm³/mol. The average molecular weight is 683 g/mol. The summed E-state index contributed by atoms with van der Waals surface area (Å²) in [4.78, 5) is 20.3. The van der Waals surface area contributed by atoms with Gasteiger partial charge in [-0.3, -0.25) is 4.79 Å². The van der Waals surface area contributed by atoms with E-state index in [1.54, 1.807) is 29.6 Å². The van der Waals surface area contributed by atoms with E-state index in [0.717, 1.165) is 34.0 Å². The molecule has 3 N–H and O–H groups in total. The van der Waals surface area contributed by atoms with Crippen LogP contribution in [-0.2, 0) is 30.5 Å². The molecule has 0 fully saturated rings. The molecule has 4 aromatic carbocycles. The number of thiocarbonyl (C=S) groups is 1. The molecule has 0 saturated carbocycles. The highest BCUT2D eigenvalue weighted by molar-refractivity contribution is 7.80. The van der Waals surface area contributed by atoms with E-state index in [0.29, 0.717) is 24.2 Å². The van der Waals surface area contributed by atoms with Crippen LogP contribution in [0.1, 0.15) is 48.2 Å². The molecule has 0 aliphatic carbocycles. The molecule has 1 heterocycles. The summed E-state index contributed by atoms with van der Waals surface area (Å²) in [5.41, 5.74) is 9.52. The van der Waals surface area contributed by atoms with Crippen LogP contribution >= 0.6 is 12.2 Å². The lowest BCUT2D eigenvalue weighted by Crippen LogP contribution is -2.55. The monoisotopic (exact) mass is 682 g/mol. The number of benzene rings is 4. The first-order valence-corrected chi connectivity index (χ1v) is 16.4. The largest absolute Gasteiger partial charge is 0.416 e. The zero-order valence-electron chi connectivity index (χ0n) is 27.2. The maximum absolute atomic E-state index is 14.3. The zero-order valence-corrected chi connectivity index (χ0v) is 28.0. The Balaban J connectivity index is 1.46. The summed E-state index contributed by atoms with van der Waals surface area (Å²) in [6, 6.07) is 27.9. The Morgan fingerprint density at radius 1 is 1.06 bits per heavy atom. The predicted octanol–water partition coefficient (Wildman–Crippen LogP) is 7.93. The lowest BCUT2D eigenvalue weighted by atomic mass is 9.83. The molecule has 5 aromatic rings. The molecule has 11 heteroatoms. The number of alkyl halides is 3. The molecule has 7 nitrogen and oxygen atoms in total. The number of nitrogens with zero attached hydrogens (tertiary/aromatic N) is 4. The van der Waals surface area contributed by atoms with Crippen LogP contribution in [0.25, 0.3) is 10.8 Å². The van der Waals surface area contributed by atoms with Gasteiger partial charge in [0.2, 0.25) is 0 Å². The highest BCUT2D eigenvalue weighted by Crippen LogP contribution is 2.32. The Morgan fingerprint density at radius 2 is 1.78 bits per heavy atom. The number of nitrogens with one attached hydrogen (secondary N) is 1. The third-order valence-electron chi connectivity index (χ3n) is 8.87. The number of hydrogen-bond donors (Lipinski definition) is 2. The third-order valence-corrected chi connectivity index (χ3v) is 9.21. The van der Waals surface area contributed by atoms with Gasteiger partial charge in [0.05, 0.1) is 35.6 Å². The van der Waals surface area contributed by atoms with E-state index < -0.39 is 23.8 Å². The van der Waals surface area contributed by atoms with Crippen molar-refractivity contribution in [1.82, 2.24) is 14.5 Å². The van der Waals surface area contributed by atoms with E-state index in [1.165, 1.54) is 12.1 Å². The summed E-state index contributed by atoms with van der Waals surface area (Å²) in [5, 5.41) is 14.2. The molecule has 3 atom stereocenters. The second-order valence-electron chi connectivity index (χ2n) is 12.1. The minimum absolute atomic E-state index is 0.0644. The average Bonchev–Trinajstić information content (AvgIpc) is 3.52. The lowest BCUT2D eigenvalue weighted by molar-refractivity contribution is -0.137. The van der Waals surface area contributed by atoms with Crippen LogP contribution in [0.3, 0.4) is 0 Å². The summed E-state index contributed by atoms with van der Waals surface area (Å²) < 4.78 is 42.5. The molecule has 0 spiro atoms. The highest BCUT2D eigenvalue weighted by Gasteiger charge is 2.36. The number of hydrogen-bond acceptors (Lipinski definition) is 5. The van der Waals surface area contributed by atoms with Gasteiger partial charge in [0.25, 0.3) is 0 Å². The lowest BCUT2D eigenvalue weighted by Gasteiger charge is -2.38. The van der Waals surface area contributed by atoms with Crippen molar-refractivity contribution in [2.45, 2.75) is 52.1 Å². The van der Waals surface area contributed by atoms with Crippen molar-refractivity contribution in [2.75, 3.05) is 5.32 Å². The molecule has 1 unspecified atom stereocenters. The van der Waals surface area contributed by atoms with Crippen LogP contribution in [0, 0.1) is 23.2 Å². The smallest absolute Gasteiger partial charge is 0.333 e. The van der Waals surface area contributed by atoms with Gasteiger partial charge in [-0.2, -0.15) is 18.4 Å².